The van der Waals surface area contributed by atoms with E-state index in [1.54, 1.807) is 0 Å². The summed E-state index contributed by atoms with van der Waals surface area (Å²) in [5.41, 5.74) is -2.33. The highest BCUT2D eigenvalue weighted by molar-refractivity contribution is 5.96. The van der Waals surface area contributed by atoms with Crippen molar-refractivity contribution in [1.29, 1.82) is 0 Å². The fraction of sp³-hybridized carbons (Fsp3) is 0.214. The maximum atomic E-state index is 13.6. The average Bonchev–Trinajstić information content (AvgIpc) is 2.49. The largest absolute Gasteiger partial charge is 0.503 e. The summed E-state index contributed by atoms with van der Waals surface area (Å²) in [7, 11) is 0. The first-order valence-electron chi connectivity index (χ1n) is 6.46. The lowest BCUT2D eigenvalue weighted by molar-refractivity contribution is -0.137. The first-order chi connectivity index (χ1) is 10.8. The number of aliphatic carboxylic acids is 1. The quantitative estimate of drug-likeness (QED) is 0.564. The van der Waals surface area contributed by atoms with E-state index in [0.29, 0.717) is 0 Å². The zero-order chi connectivity index (χ0) is 17.1. The molecule has 0 aliphatic rings. The highest BCUT2D eigenvalue weighted by Gasteiger charge is 2.19. The first kappa shape index (κ1) is 16.4. The summed E-state index contributed by atoms with van der Waals surface area (Å²) in [5, 5.41) is 19.7. The van der Waals surface area contributed by atoms with Crippen LogP contribution in [-0.4, -0.2) is 28.6 Å². The molecule has 3 N–H and O–H groups in total. The number of phenols is 1. The van der Waals surface area contributed by atoms with Crippen molar-refractivity contribution in [2.24, 2.45) is 0 Å². The van der Waals surface area contributed by atoms with Crippen LogP contribution in [0.15, 0.2) is 21.3 Å². The van der Waals surface area contributed by atoms with E-state index in [-0.39, 0.29) is 24.8 Å². The number of carboxylic acids is 1. The number of carboxylic acid groups (broad SMARTS) is 1. The Labute approximate surface area is 127 Å². The second-order valence-electron chi connectivity index (χ2n) is 4.64. The van der Waals surface area contributed by atoms with Gasteiger partial charge >= 0.3 is 11.6 Å². The van der Waals surface area contributed by atoms with E-state index in [1.807, 2.05) is 0 Å². The minimum atomic E-state index is -1.44. The van der Waals surface area contributed by atoms with E-state index in [2.05, 4.69) is 9.73 Å². The van der Waals surface area contributed by atoms with E-state index in [1.165, 1.54) is 0 Å². The third-order valence-corrected chi connectivity index (χ3v) is 2.99. The van der Waals surface area contributed by atoms with Crippen molar-refractivity contribution in [1.82, 2.24) is 5.32 Å². The van der Waals surface area contributed by atoms with E-state index >= 15 is 0 Å². The van der Waals surface area contributed by atoms with Crippen molar-refractivity contribution in [3.8, 4) is 5.75 Å². The summed E-state index contributed by atoms with van der Waals surface area (Å²) in [5.74, 6) is -5.89. The summed E-state index contributed by atoms with van der Waals surface area (Å²) in [6.07, 6.45) is -0.0145. The van der Waals surface area contributed by atoms with Gasteiger partial charge in [-0.2, -0.15) is 4.39 Å². The smallest absolute Gasteiger partial charge is 0.349 e. The molecule has 2 aromatic rings. The van der Waals surface area contributed by atoms with E-state index < -0.39 is 46.0 Å². The van der Waals surface area contributed by atoms with Crippen molar-refractivity contribution >= 4 is 22.8 Å². The molecule has 9 heteroatoms. The zero-order valence-electron chi connectivity index (χ0n) is 11.6. The molecule has 0 saturated heterocycles. The average molecular weight is 327 g/mol. The topological polar surface area (TPSA) is 117 Å². The van der Waals surface area contributed by atoms with Gasteiger partial charge in [0.1, 0.15) is 5.56 Å². The van der Waals surface area contributed by atoms with Gasteiger partial charge in [0.15, 0.2) is 17.1 Å². The van der Waals surface area contributed by atoms with Crippen LogP contribution in [0.5, 0.6) is 5.75 Å². The molecule has 0 unspecified atom stereocenters. The Bertz CT molecular complexity index is 845. The molecule has 1 heterocycles. The molecule has 0 fully saturated rings. The normalized spacial score (nSPS) is 10.7. The van der Waals surface area contributed by atoms with Crippen LogP contribution < -0.4 is 10.9 Å². The molecule has 23 heavy (non-hydrogen) atoms. The van der Waals surface area contributed by atoms with Crippen LogP contribution >= 0.6 is 0 Å². The Morgan fingerprint density at radius 2 is 1.96 bits per heavy atom. The molecule has 0 saturated carbocycles. The van der Waals surface area contributed by atoms with Crippen LogP contribution in [0, 0.1) is 11.6 Å². The Balaban J connectivity index is 2.29. The number of halogens is 2. The summed E-state index contributed by atoms with van der Waals surface area (Å²) >= 11 is 0. The molecule has 0 aliphatic heterocycles. The van der Waals surface area contributed by atoms with Gasteiger partial charge in [0.05, 0.1) is 0 Å². The van der Waals surface area contributed by atoms with Gasteiger partial charge in [0, 0.05) is 18.4 Å². The van der Waals surface area contributed by atoms with Crippen molar-refractivity contribution in [2.45, 2.75) is 12.8 Å². The number of hydrogen-bond acceptors (Lipinski definition) is 5. The van der Waals surface area contributed by atoms with Crippen molar-refractivity contribution in [2.75, 3.05) is 6.54 Å². The van der Waals surface area contributed by atoms with Crippen LogP contribution in [0.3, 0.4) is 0 Å². The number of hydrogen-bond donors (Lipinski definition) is 3. The number of nitrogens with one attached hydrogen (secondary N) is 1. The predicted octanol–water partition coefficient (Wildman–Crippen LogP) is 1.37. The Kier molecular flexibility index (Phi) is 4.58. The van der Waals surface area contributed by atoms with Gasteiger partial charge in [-0.25, -0.2) is 9.18 Å². The van der Waals surface area contributed by atoms with E-state index in [0.717, 1.165) is 12.1 Å². The molecule has 0 radical (unpaired) electrons. The van der Waals surface area contributed by atoms with Gasteiger partial charge in [0.25, 0.3) is 5.91 Å². The fourth-order valence-corrected chi connectivity index (χ4v) is 1.88. The van der Waals surface area contributed by atoms with Crippen LogP contribution in [0.2, 0.25) is 0 Å². The lowest BCUT2D eigenvalue weighted by Crippen LogP contribution is -2.29. The minimum absolute atomic E-state index is 0.000903. The SMILES string of the molecule is O=C(O)CCCNC(=O)c1cc2cc(F)c(O)c(F)c2oc1=O. The van der Waals surface area contributed by atoms with Gasteiger partial charge in [-0.1, -0.05) is 0 Å². The maximum Gasteiger partial charge on any atom is 0.349 e. The van der Waals surface area contributed by atoms with Crippen LogP contribution in [0.4, 0.5) is 8.78 Å². The number of carbonyl (C=O) groups is 2. The molecule has 7 nitrogen and oxygen atoms in total. The lowest BCUT2D eigenvalue weighted by atomic mass is 10.1. The first-order valence-corrected chi connectivity index (χ1v) is 6.46. The number of phenolic OH excluding ortho intramolecular Hbond substituents is 1. The zero-order valence-corrected chi connectivity index (χ0v) is 11.6. The van der Waals surface area contributed by atoms with Gasteiger partial charge in [-0.3, -0.25) is 9.59 Å². The van der Waals surface area contributed by atoms with Crippen molar-refractivity contribution in [3.63, 3.8) is 0 Å². The molecule has 1 aromatic heterocycles. The molecule has 0 aliphatic carbocycles. The van der Waals surface area contributed by atoms with Crippen LogP contribution in [-0.2, 0) is 4.79 Å². The number of rotatable bonds is 5. The third kappa shape index (κ3) is 3.44. The highest BCUT2D eigenvalue weighted by Crippen LogP contribution is 2.28. The molecule has 1 aromatic carbocycles. The molecule has 122 valence electrons. The number of amides is 1. The van der Waals surface area contributed by atoms with Crippen LogP contribution in [0.25, 0.3) is 11.0 Å². The molecule has 1 amide bonds. The lowest BCUT2D eigenvalue weighted by Gasteiger charge is -2.06. The molecule has 0 spiro atoms. The Morgan fingerprint density at radius 1 is 1.26 bits per heavy atom. The van der Waals surface area contributed by atoms with Gasteiger partial charge in [0.2, 0.25) is 5.82 Å². The summed E-state index contributed by atoms with van der Waals surface area (Å²) in [4.78, 5) is 33.9. The van der Waals surface area contributed by atoms with Gasteiger partial charge in [-0.15, -0.1) is 0 Å². The molecule has 2 rings (SSSR count). The number of carbonyl (C=O) groups excluding carboxylic acids is 1. The fourth-order valence-electron chi connectivity index (χ4n) is 1.88. The number of fused-ring (bicyclic) bond motifs is 1. The van der Waals surface area contributed by atoms with Crippen LogP contribution in [0.1, 0.15) is 23.2 Å². The summed E-state index contributed by atoms with van der Waals surface area (Å²) in [6, 6.07) is 1.65. The van der Waals surface area contributed by atoms with Gasteiger partial charge < -0.3 is 19.9 Å². The van der Waals surface area contributed by atoms with Crippen molar-refractivity contribution in [3.05, 3.63) is 39.8 Å². The van der Waals surface area contributed by atoms with Crippen molar-refractivity contribution < 1.29 is 33.0 Å². The molecule has 0 bridgehead atoms. The maximum absolute atomic E-state index is 13.6. The number of benzene rings is 1. The highest BCUT2D eigenvalue weighted by atomic mass is 19.1. The minimum Gasteiger partial charge on any atom is -0.503 e. The second kappa shape index (κ2) is 6.42. The summed E-state index contributed by atoms with van der Waals surface area (Å²) < 4.78 is 31.5. The standard InChI is InChI=1S/C14H11F2NO6/c15-8-5-6-4-7(13(21)17-3-1-2-9(18)19)14(22)23-12(6)10(16)11(8)20/h4-5,20H,1-3H2,(H,17,21)(H,18,19). The third-order valence-electron chi connectivity index (χ3n) is 2.99. The van der Waals surface area contributed by atoms with Gasteiger partial charge in [-0.05, 0) is 18.6 Å². The second-order valence-corrected chi connectivity index (χ2v) is 4.64. The predicted molar refractivity (Wildman–Crippen MR) is 73.3 cm³/mol. The summed E-state index contributed by atoms with van der Waals surface area (Å²) in [6.45, 7) is 0.000903. The Hall–Kier alpha value is -2.97. The monoisotopic (exact) mass is 327 g/mol. The molecular weight excluding hydrogens is 316 g/mol. The molecule has 0 atom stereocenters. The van der Waals surface area contributed by atoms with E-state index in [9.17, 15) is 23.2 Å². The molecular formula is C14H11F2NO6. The van der Waals surface area contributed by atoms with E-state index in [4.69, 9.17) is 10.2 Å². The Morgan fingerprint density at radius 3 is 2.61 bits per heavy atom. The number of aromatic hydroxyl groups is 1.